The van der Waals surface area contributed by atoms with Crippen LogP contribution < -0.4 is 10.5 Å². The van der Waals surface area contributed by atoms with Gasteiger partial charge in [0, 0.05) is 0 Å². The van der Waals surface area contributed by atoms with Gasteiger partial charge < -0.3 is 20.7 Å². The van der Waals surface area contributed by atoms with Crippen LogP contribution in [0.4, 0.5) is 0 Å². The minimum atomic E-state index is -0.446. The number of hydrogen-bond acceptors (Lipinski definition) is 4. The molecule has 4 heteroatoms. The molecule has 0 saturated heterocycles. The summed E-state index contributed by atoms with van der Waals surface area (Å²) in [7, 11) is 1.48. The molecule has 0 aliphatic rings. The van der Waals surface area contributed by atoms with Gasteiger partial charge in [-0.1, -0.05) is 0 Å². The van der Waals surface area contributed by atoms with Gasteiger partial charge in [0.2, 0.25) is 0 Å². The highest BCUT2D eigenvalue weighted by molar-refractivity contribution is 5.53. The Hall–Kier alpha value is -1.26. The molecule has 0 aromatic heterocycles. The summed E-state index contributed by atoms with van der Waals surface area (Å²) < 4.78 is 5.03. The molecule has 0 saturated carbocycles. The number of aliphatic hydroxyl groups excluding tert-OH is 1. The molecule has 1 atom stereocenters. The number of ether oxygens (including phenoxy) is 1. The molecule has 84 valence electrons. The summed E-state index contributed by atoms with van der Waals surface area (Å²) >= 11 is 0. The van der Waals surface area contributed by atoms with Crippen LogP contribution in [0, 0.1) is 13.8 Å². The second-order valence-corrected chi connectivity index (χ2v) is 3.56. The topological polar surface area (TPSA) is 75.7 Å². The van der Waals surface area contributed by atoms with Crippen molar-refractivity contribution in [2.75, 3.05) is 13.7 Å². The standard InChI is InChI=1S/C11H17NO3/c1-6-7(2)11(14)10(15-3)4-8(6)9(12)5-13/h4,9,13-14H,5,12H2,1-3H3. The predicted octanol–water partition coefficient (Wildman–Crippen LogP) is 1.01. The molecule has 4 nitrogen and oxygen atoms in total. The van der Waals surface area contributed by atoms with Crippen molar-refractivity contribution in [2.24, 2.45) is 5.73 Å². The molecule has 0 aliphatic carbocycles. The summed E-state index contributed by atoms with van der Waals surface area (Å²) in [5.41, 5.74) is 8.16. The number of aliphatic hydroxyl groups is 1. The van der Waals surface area contributed by atoms with Crippen LogP contribution in [0.25, 0.3) is 0 Å². The number of rotatable bonds is 3. The minimum Gasteiger partial charge on any atom is -0.504 e. The second-order valence-electron chi connectivity index (χ2n) is 3.56. The summed E-state index contributed by atoms with van der Waals surface area (Å²) in [4.78, 5) is 0. The number of benzene rings is 1. The third-order valence-electron chi connectivity index (χ3n) is 2.69. The Balaban J connectivity index is 3.35. The molecule has 0 aliphatic heterocycles. The van der Waals surface area contributed by atoms with Gasteiger partial charge in [0.05, 0.1) is 19.8 Å². The highest BCUT2D eigenvalue weighted by Crippen LogP contribution is 2.35. The Kier molecular flexibility index (Phi) is 3.55. The van der Waals surface area contributed by atoms with Crippen LogP contribution in [0.5, 0.6) is 11.5 Å². The zero-order valence-corrected chi connectivity index (χ0v) is 9.24. The molecule has 15 heavy (non-hydrogen) atoms. The molecule has 0 radical (unpaired) electrons. The maximum absolute atomic E-state index is 9.73. The number of methoxy groups -OCH3 is 1. The van der Waals surface area contributed by atoms with E-state index < -0.39 is 6.04 Å². The lowest BCUT2D eigenvalue weighted by Gasteiger charge is -2.17. The first-order valence-corrected chi connectivity index (χ1v) is 4.76. The van der Waals surface area contributed by atoms with Crippen molar-refractivity contribution in [1.29, 1.82) is 0 Å². The summed E-state index contributed by atoms with van der Waals surface area (Å²) in [6, 6.07) is 1.22. The lowest BCUT2D eigenvalue weighted by molar-refractivity contribution is 0.267. The highest BCUT2D eigenvalue weighted by Gasteiger charge is 2.16. The lowest BCUT2D eigenvalue weighted by Crippen LogP contribution is -2.16. The second kappa shape index (κ2) is 4.51. The van der Waals surface area contributed by atoms with Crippen LogP contribution >= 0.6 is 0 Å². The van der Waals surface area contributed by atoms with E-state index in [-0.39, 0.29) is 12.4 Å². The maximum Gasteiger partial charge on any atom is 0.161 e. The van der Waals surface area contributed by atoms with Gasteiger partial charge in [-0.3, -0.25) is 0 Å². The molecule has 0 fully saturated rings. The fourth-order valence-corrected chi connectivity index (χ4v) is 1.54. The number of phenolic OH excluding ortho intramolecular Hbond substituents is 1. The number of nitrogens with two attached hydrogens (primary N) is 1. The average molecular weight is 211 g/mol. The Bertz CT molecular complexity index is 363. The Morgan fingerprint density at radius 3 is 2.47 bits per heavy atom. The van der Waals surface area contributed by atoms with E-state index >= 15 is 0 Å². The van der Waals surface area contributed by atoms with Crippen molar-refractivity contribution in [3.63, 3.8) is 0 Å². The van der Waals surface area contributed by atoms with Crippen LogP contribution in [-0.4, -0.2) is 23.9 Å². The Morgan fingerprint density at radius 2 is 2.00 bits per heavy atom. The smallest absolute Gasteiger partial charge is 0.161 e. The number of hydrogen-bond donors (Lipinski definition) is 3. The fraction of sp³-hybridized carbons (Fsp3) is 0.455. The van der Waals surface area contributed by atoms with Gasteiger partial charge in [-0.15, -0.1) is 0 Å². The molecular formula is C11H17NO3. The van der Waals surface area contributed by atoms with Gasteiger partial charge >= 0.3 is 0 Å². The van der Waals surface area contributed by atoms with E-state index in [9.17, 15) is 5.11 Å². The highest BCUT2D eigenvalue weighted by atomic mass is 16.5. The SMILES string of the molecule is COc1cc(C(N)CO)c(C)c(C)c1O. The van der Waals surface area contributed by atoms with E-state index in [1.165, 1.54) is 7.11 Å². The first kappa shape index (κ1) is 11.8. The Morgan fingerprint density at radius 1 is 1.40 bits per heavy atom. The molecule has 0 amide bonds. The van der Waals surface area contributed by atoms with Gasteiger partial charge in [0.25, 0.3) is 0 Å². The van der Waals surface area contributed by atoms with E-state index in [2.05, 4.69) is 0 Å². The van der Waals surface area contributed by atoms with E-state index in [4.69, 9.17) is 15.6 Å². The predicted molar refractivity (Wildman–Crippen MR) is 58.1 cm³/mol. The van der Waals surface area contributed by atoms with Gasteiger partial charge in [-0.05, 0) is 36.6 Å². The summed E-state index contributed by atoms with van der Waals surface area (Å²) in [5, 5.41) is 18.7. The van der Waals surface area contributed by atoms with E-state index in [1.807, 2.05) is 6.92 Å². The monoisotopic (exact) mass is 211 g/mol. The van der Waals surface area contributed by atoms with Gasteiger partial charge in [0.15, 0.2) is 11.5 Å². The third-order valence-corrected chi connectivity index (χ3v) is 2.69. The quantitative estimate of drug-likeness (QED) is 0.697. The zero-order chi connectivity index (χ0) is 11.6. The van der Waals surface area contributed by atoms with Crippen LogP contribution in [0.1, 0.15) is 22.7 Å². The van der Waals surface area contributed by atoms with Crippen LogP contribution in [0.3, 0.4) is 0 Å². The maximum atomic E-state index is 9.73. The molecule has 1 aromatic rings. The van der Waals surface area contributed by atoms with Gasteiger partial charge in [-0.2, -0.15) is 0 Å². The largest absolute Gasteiger partial charge is 0.504 e. The van der Waals surface area contributed by atoms with Gasteiger partial charge in [-0.25, -0.2) is 0 Å². The van der Waals surface area contributed by atoms with Gasteiger partial charge in [0.1, 0.15) is 0 Å². The van der Waals surface area contributed by atoms with E-state index in [0.717, 1.165) is 16.7 Å². The van der Waals surface area contributed by atoms with Crippen molar-refractivity contribution in [2.45, 2.75) is 19.9 Å². The van der Waals surface area contributed by atoms with Crippen LogP contribution in [-0.2, 0) is 0 Å². The fourth-order valence-electron chi connectivity index (χ4n) is 1.54. The van der Waals surface area contributed by atoms with Crippen molar-refractivity contribution in [1.82, 2.24) is 0 Å². The summed E-state index contributed by atoms with van der Waals surface area (Å²) in [5.74, 6) is 0.515. The molecule has 1 aromatic carbocycles. The number of aromatic hydroxyl groups is 1. The van der Waals surface area contributed by atoms with E-state index in [0.29, 0.717) is 5.75 Å². The Labute approximate surface area is 89.3 Å². The minimum absolute atomic E-state index is 0.129. The normalized spacial score (nSPS) is 12.6. The van der Waals surface area contributed by atoms with Crippen LogP contribution in [0.2, 0.25) is 0 Å². The average Bonchev–Trinajstić information content (AvgIpc) is 2.25. The first-order chi connectivity index (χ1) is 7.02. The molecule has 1 unspecified atom stereocenters. The van der Waals surface area contributed by atoms with Crippen molar-refractivity contribution in [3.8, 4) is 11.5 Å². The zero-order valence-electron chi connectivity index (χ0n) is 9.24. The molecule has 0 spiro atoms. The molecule has 4 N–H and O–H groups in total. The molecule has 1 rings (SSSR count). The van der Waals surface area contributed by atoms with E-state index in [1.54, 1.807) is 13.0 Å². The summed E-state index contributed by atoms with van der Waals surface area (Å²) in [6.45, 7) is 3.52. The van der Waals surface area contributed by atoms with Crippen LogP contribution in [0.15, 0.2) is 6.07 Å². The lowest BCUT2D eigenvalue weighted by atomic mass is 9.97. The summed E-state index contributed by atoms with van der Waals surface area (Å²) in [6.07, 6.45) is 0. The van der Waals surface area contributed by atoms with Crippen molar-refractivity contribution >= 4 is 0 Å². The van der Waals surface area contributed by atoms with Crippen molar-refractivity contribution < 1.29 is 14.9 Å². The van der Waals surface area contributed by atoms with Crippen molar-refractivity contribution in [3.05, 3.63) is 22.8 Å². The molecule has 0 heterocycles. The third kappa shape index (κ3) is 2.06. The number of phenols is 1. The molecular weight excluding hydrogens is 194 g/mol. The molecule has 0 bridgehead atoms. The first-order valence-electron chi connectivity index (χ1n) is 4.76.